The molecule has 0 fully saturated rings. The Labute approximate surface area is 138 Å². The van der Waals surface area contributed by atoms with Crippen molar-refractivity contribution in [3.63, 3.8) is 0 Å². The van der Waals surface area contributed by atoms with Gasteiger partial charge in [-0.15, -0.1) is 0 Å². The molecule has 0 aromatic carbocycles. The molecule has 0 bridgehead atoms. The normalized spacial score (nSPS) is 15.3. The summed E-state index contributed by atoms with van der Waals surface area (Å²) in [6.07, 6.45) is 13.7. The van der Waals surface area contributed by atoms with Crippen molar-refractivity contribution >= 4 is 17.8 Å². The number of aryl methyl sites for hydroxylation is 1. The average molecular weight is 315 g/mol. The molecule has 0 unspecified atom stereocenters. The van der Waals surface area contributed by atoms with Gasteiger partial charge < -0.3 is 5.32 Å². The molecule has 118 valence electrons. The zero-order chi connectivity index (χ0) is 15.6. The minimum Gasteiger partial charge on any atom is -0.370 e. The number of aromatic nitrogens is 1. The van der Waals surface area contributed by atoms with Gasteiger partial charge in [0.25, 0.3) is 0 Å². The summed E-state index contributed by atoms with van der Waals surface area (Å²) in [7, 11) is 0. The van der Waals surface area contributed by atoms with Crippen molar-refractivity contribution in [2.75, 3.05) is 18.4 Å². The summed E-state index contributed by atoms with van der Waals surface area (Å²) in [4.78, 5) is 5.92. The summed E-state index contributed by atoms with van der Waals surface area (Å²) in [6, 6.07) is 4.37. The number of rotatable bonds is 7. The Morgan fingerprint density at radius 2 is 2.27 bits per heavy atom. The van der Waals surface area contributed by atoms with Crippen molar-refractivity contribution in [3.05, 3.63) is 58.7 Å². The number of hydrogen-bond donors (Lipinski definition) is 2. The van der Waals surface area contributed by atoms with E-state index in [2.05, 4.69) is 46.5 Å². The molecule has 2 heterocycles. The molecule has 1 aromatic heterocycles. The van der Waals surface area contributed by atoms with Crippen LogP contribution in [0.3, 0.4) is 0 Å². The smallest absolute Gasteiger partial charge is 0.129 e. The molecule has 2 N–H and O–H groups in total. The van der Waals surface area contributed by atoms with Gasteiger partial charge in [0.15, 0.2) is 0 Å². The molecule has 0 radical (unpaired) electrons. The fourth-order valence-electron chi connectivity index (χ4n) is 2.30. The lowest BCUT2D eigenvalue weighted by atomic mass is 10.1. The molecule has 1 aromatic rings. The Kier molecular flexibility index (Phi) is 7.26. The Hall–Kier alpha value is -1.52. The van der Waals surface area contributed by atoms with E-state index >= 15 is 0 Å². The second-order valence-corrected chi connectivity index (χ2v) is 6.15. The van der Waals surface area contributed by atoms with Crippen LogP contribution in [0.5, 0.6) is 0 Å². The summed E-state index contributed by atoms with van der Waals surface area (Å²) >= 11 is 1.66. The molecule has 4 heteroatoms. The number of pyridine rings is 1. The van der Waals surface area contributed by atoms with Crippen LogP contribution in [0, 0.1) is 0 Å². The summed E-state index contributed by atoms with van der Waals surface area (Å²) in [5.41, 5.74) is 2.49. The van der Waals surface area contributed by atoms with Gasteiger partial charge >= 0.3 is 0 Å². The molecule has 0 amide bonds. The quantitative estimate of drug-likeness (QED) is 0.448. The van der Waals surface area contributed by atoms with Crippen molar-refractivity contribution < 1.29 is 0 Å². The highest BCUT2D eigenvalue weighted by molar-refractivity contribution is 8.01. The Morgan fingerprint density at radius 3 is 3.09 bits per heavy atom. The van der Waals surface area contributed by atoms with Gasteiger partial charge in [-0.3, -0.25) is 4.72 Å². The third-order valence-electron chi connectivity index (χ3n) is 3.41. The lowest BCUT2D eigenvalue weighted by Crippen LogP contribution is -2.15. The molecule has 2 rings (SSSR count). The molecular formula is C18H25N3S. The molecule has 1 aliphatic heterocycles. The van der Waals surface area contributed by atoms with Gasteiger partial charge in [-0.25, -0.2) is 4.98 Å². The van der Waals surface area contributed by atoms with E-state index in [0.717, 1.165) is 37.4 Å². The molecule has 22 heavy (non-hydrogen) atoms. The molecular weight excluding hydrogens is 290 g/mol. The van der Waals surface area contributed by atoms with Crippen LogP contribution in [0.25, 0.3) is 0 Å². The van der Waals surface area contributed by atoms with E-state index in [1.54, 1.807) is 11.9 Å². The third-order valence-corrected chi connectivity index (χ3v) is 4.27. The molecule has 1 aliphatic rings. The second kappa shape index (κ2) is 9.49. The Balaban J connectivity index is 1.81. The summed E-state index contributed by atoms with van der Waals surface area (Å²) in [6.45, 7) is 6.01. The number of anilines is 1. The zero-order valence-corrected chi connectivity index (χ0v) is 14.2. The van der Waals surface area contributed by atoms with Crippen molar-refractivity contribution in [2.45, 2.75) is 33.1 Å². The second-order valence-electron chi connectivity index (χ2n) is 5.18. The van der Waals surface area contributed by atoms with E-state index in [1.165, 1.54) is 16.9 Å². The first kappa shape index (κ1) is 16.8. The zero-order valence-electron chi connectivity index (χ0n) is 13.4. The van der Waals surface area contributed by atoms with Gasteiger partial charge in [-0.1, -0.05) is 30.4 Å². The fraction of sp³-hybridized carbons (Fsp3) is 0.389. The van der Waals surface area contributed by atoms with Crippen molar-refractivity contribution in [3.8, 4) is 0 Å². The maximum Gasteiger partial charge on any atom is 0.129 e. The SMILES string of the molecule is C\C=C/C=C(\C=C/C)SNCCc1ccc2c(n1)NCCC2. The number of fused-ring (bicyclic) bond motifs is 1. The first-order chi connectivity index (χ1) is 10.8. The molecule has 0 aliphatic carbocycles. The van der Waals surface area contributed by atoms with Gasteiger partial charge in [0.2, 0.25) is 0 Å². The van der Waals surface area contributed by atoms with Gasteiger partial charge in [-0.05, 0) is 56.3 Å². The van der Waals surface area contributed by atoms with E-state index in [9.17, 15) is 0 Å². The predicted octanol–water partition coefficient (Wildman–Crippen LogP) is 4.26. The van der Waals surface area contributed by atoms with Gasteiger partial charge in [-0.2, -0.15) is 0 Å². The van der Waals surface area contributed by atoms with E-state index < -0.39 is 0 Å². The number of hydrogen-bond acceptors (Lipinski definition) is 4. The van der Waals surface area contributed by atoms with Gasteiger partial charge in [0.1, 0.15) is 5.82 Å². The minimum absolute atomic E-state index is 0.904. The number of nitrogens with one attached hydrogen (secondary N) is 2. The predicted molar refractivity (Wildman–Crippen MR) is 98.1 cm³/mol. The van der Waals surface area contributed by atoms with Gasteiger partial charge in [0, 0.05) is 30.1 Å². The highest BCUT2D eigenvalue weighted by atomic mass is 32.2. The van der Waals surface area contributed by atoms with Crippen molar-refractivity contribution in [2.24, 2.45) is 0 Å². The standard InChI is InChI=1S/C18H25N3S/c1-3-5-9-17(7-4-2)22-20-14-12-16-11-10-15-8-6-13-19-18(15)21-16/h3-5,7,9-11,20H,6,8,12-14H2,1-2H3,(H,19,21)/b5-3-,7-4-,17-9+. The van der Waals surface area contributed by atoms with E-state index in [0.29, 0.717) is 0 Å². The fourth-order valence-corrected chi connectivity index (χ4v) is 3.02. The molecule has 0 atom stereocenters. The van der Waals surface area contributed by atoms with E-state index in [4.69, 9.17) is 4.98 Å². The summed E-state index contributed by atoms with van der Waals surface area (Å²) in [5, 5.41) is 3.39. The van der Waals surface area contributed by atoms with E-state index in [1.807, 2.05) is 19.9 Å². The largest absolute Gasteiger partial charge is 0.370 e. The number of allylic oxidation sites excluding steroid dienone is 5. The van der Waals surface area contributed by atoms with Crippen LogP contribution in [0.15, 0.2) is 47.4 Å². The van der Waals surface area contributed by atoms with Gasteiger partial charge in [0.05, 0.1) is 0 Å². The topological polar surface area (TPSA) is 37.0 Å². The Bertz CT molecular complexity index is 561. The van der Waals surface area contributed by atoms with Crippen LogP contribution in [-0.2, 0) is 12.8 Å². The highest BCUT2D eigenvalue weighted by Crippen LogP contribution is 2.20. The highest BCUT2D eigenvalue weighted by Gasteiger charge is 2.09. The average Bonchev–Trinajstić information content (AvgIpc) is 2.56. The maximum atomic E-state index is 4.72. The van der Waals surface area contributed by atoms with Crippen LogP contribution < -0.4 is 10.0 Å². The molecule has 3 nitrogen and oxygen atoms in total. The van der Waals surface area contributed by atoms with Crippen LogP contribution in [0.2, 0.25) is 0 Å². The first-order valence-electron chi connectivity index (χ1n) is 7.91. The van der Waals surface area contributed by atoms with Crippen molar-refractivity contribution in [1.29, 1.82) is 0 Å². The molecule has 0 saturated carbocycles. The first-order valence-corrected chi connectivity index (χ1v) is 8.73. The van der Waals surface area contributed by atoms with Crippen molar-refractivity contribution in [1.82, 2.24) is 9.71 Å². The maximum absolute atomic E-state index is 4.72. The van der Waals surface area contributed by atoms with Crippen LogP contribution >= 0.6 is 11.9 Å². The van der Waals surface area contributed by atoms with E-state index in [-0.39, 0.29) is 0 Å². The summed E-state index contributed by atoms with van der Waals surface area (Å²) in [5.74, 6) is 1.08. The number of nitrogens with zero attached hydrogens (tertiary/aromatic N) is 1. The minimum atomic E-state index is 0.904. The van der Waals surface area contributed by atoms with Crippen LogP contribution in [0.4, 0.5) is 5.82 Å². The Morgan fingerprint density at radius 1 is 1.36 bits per heavy atom. The summed E-state index contributed by atoms with van der Waals surface area (Å²) < 4.78 is 3.41. The lowest BCUT2D eigenvalue weighted by Gasteiger charge is -2.17. The van der Waals surface area contributed by atoms with Crippen LogP contribution in [-0.4, -0.2) is 18.1 Å². The molecule has 0 spiro atoms. The van der Waals surface area contributed by atoms with Crippen LogP contribution in [0.1, 0.15) is 31.5 Å². The monoisotopic (exact) mass is 315 g/mol. The lowest BCUT2D eigenvalue weighted by molar-refractivity contribution is 0.803. The molecule has 0 saturated heterocycles. The third kappa shape index (κ3) is 5.35.